The van der Waals surface area contributed by atoms with E-state index in [1.807, 2.05) is 24.8 Å². The van der Waals surface area contributed by atoms with E-state index in [2.05, 4.69) is 21.5 Å². The first-order valence-corrected chi connectivity index (χ1v) is 7.64. The third kappa shape index (κ3) is 5.87. The van der Waals surface area contributed by atoms with E-state index in [1.54, 1.807) is 6.07 Å². The molecule has 0 saturated carbocycles. The summed E-state index contributed by atoms with van der Waals surface area (Å²) in [5.41, 5.74) is 1.24. The van der Waals surface area contributed by atoms with Crippen molar-refractivity contribution < 1.29 is 0 Å². The predicted molar refractivity (Wildman–Crippen MR) is 76.8 cm³/mol. The van der Waals surface area contributed by atoms with Crippen LogP contribution in [0.2, 0.25) is 0 Å². The van der Waals surface area contributed by atoms with Gasteiger partial charge in [0.05, 0.1) is 0 Å². The van der Waals surface area contributed by atoms with Crippen molar-refractivity contribution in [3.63, 3.8) is 0 Å². The molecular weight excluding hydrogens is 244 g/mol. The lowest BCUT2D eigenvalue weighted by Crippen LogP contribution is -2.07. The van der Waals surface area contributed by atoms with Crippen molar-refractivity contribution in [1.82, 2.24) is 9.97 Å². The number of unbranched alkanes of at least 4 members (excludes halogenated alkanes) is 3. The molecule has 0 bridgehead atoms. The molecule has 0 saturated heterocycles. The van der Waals surface area contributed by atoms with Gasteiger partial charge in [-0.25, -0.2) is 9.97 Å². The third-order valence-corrected chi connectivity index (χ3v) is 3.22. The Kier molecular flexibility index (Phi) is 7.19. The van der Waals surface area contributed by atoms with Crippen molar-refractivity contribution in [3.8, 4) is 6.07 Å². The van der Waals surface area contributed by atoms with Crippen molar-refractivity contribution in [1.29, 1.82) is 5.26 Å². The standard InChI is InChI=1S/C13H20N4S/c1-11-9-12(10-14)17-13(16-11)15-7-5-3-4-6-8-18-2/h9H,3-8H2,1-2H3,(H,15,16,17). The molecule has 0 spiro atoms. The normalized spacial score (nSPS) is 10.1. The van der Waals surface area contributed by atoms with Gasteiger partial charge in [-0.1, -0.05) is 12.8 Å². The average Bonchev–Trinajstić information content (AvgIpc) is 2.37. The second-order valence-corrected chi connectivity index (χ2v) is 5.15. The van der Waals surface area contributed by atoms with Crippen LogP contribution in [0.25, 0.3) is 0 Å². The van der Waals surface area contributed by atoms with E-state index in [4.69, 9.17) is 5.26 Å². The number of nitriles is 1. The number of anilines is 1. The van der Waals surface area contributed by atoms with Gasteiger partial charge in [-0.05, 0) is 37.8 Å². The van der Waals surface area contributed by atoms with Gasteiger partial charge in [0.25, 0.3) is 0 Å². The summed E-state index contributed by atoms with van der Waals surface area (Å²) >= 11 is 1.90. The highest BCUT2D eigenvalue weighted by atomic mass is 32.2. The van der Waals surface area contributed by atoms with Crippen molar-refractivity contribution in [2.45, 2.75) is 32.6 Å². The summed E-state index contributed by atoms with van der Waals surface area (Å²) < 4.78 is 0. The Labute approximate surface area is 113 Å². The summed E-state index contributed by atoms with van der Waals surface area (Å²) in [5.74, 6) is 1.82. The lowest BCUT2D eigenvalue weighted by Gasteiger charge is -2.05. The molecule has 98 valence electrons. The Morgan fingerprint density at radius 2 is 2.06 bits per heavy atom. The molecule has 1 aromatic heterocycles. The summed E-state index contributed by atoms with van der Waals surface area (Å²) in [7, 11) is 0. The van der Waals surface area contributed by atoms with Crippen molar-refractivity contribution >= 4 is 17.7 Å². The number of hydrogen-bond acceptors (Lipinski definition) is 5. The number of thioether (sulfide) groups is 1. The molecule has 1 heterocycles. The molecule has 0 aliphatic carbocycles. The van der Waals surface area contributed by atoms with E-state index in [-0.39, 0.29) is 0 Å². The van der Waals surface area contributed by atoms with E-state index in [9.17, 15) is 0 Å². The zero-order chi connectivity index (χ0) is 13.2. The Balaban J connectivity index is 2.23. The molecule has 1 N–H and O–H groups in total. The van der Waals surface area contributed by atoms with Crippen molar-refractivity contribution in [2.24, 2.45) is 0 Å². The highest BCUT2D eigenvalue weighted by Gasteiger charge is 2.00. The summed E-state index contributed by atoms with van der Waals surface area (Å²) in [5, 5.41) is 12.0. The fourth-order valence-electron chi connectivity index (χ4n) is 1.63. The van der Waals surface area contributed by atoms with E-state index in [0.717, 1.165) is 18.7 Å². The Morgan fingerprint density at radius 3 is 2.78 bits per heavy atom. The minimum atomic E-state index is 0.421. The molecule has 5 heteroatoms. The molecule has 0 aliphatic heterocycles. The molecule has 18 heavy (non-hydrogen) atoms. The summed E-state index contributed by atoms with van der Waals surface area (Å²) in [6, 6.07) is 3.73. The molecule has 0 aliphatic rings. The quantitative estimate of drug-likeness (QED) is 0.731. The van der Waals surface area contributed by atoms with Crippen LogP contribution in [-0.4, -0.2) is 28.5 Å². The Morgan fingerprint density at radius 1 is 1.28 bits per heavy atom. The topological polar surface area (TPSA) is 61.6 Å². The van der Waals surface area contributed by atoms with Gasteiger partial charge < -0.3 is 5.32 Å². The minimum absolute atomic E-state index is 0.421. The lowest BCUT2D eigenvalue weighted by molar-refractivity contribution is 0.687. The SMILES string of the molecule is CSCCCCCCNc1nc(C)cc(C#N)n1. The largest absolute Gasteiger partial charge is 0.354 e. The number of hydrogen-bond donors (Lipinski definition) is 1. The van der Waals surface area contributed by atoms with Crippen LogP contribution in [0.1, 0.15) is 37.1 Å². The second-order valence-electron chi connectivity index (χ2n) is 4.16. The van der Waals surface area contributed by atoms with E-state index >= 15 is 0 Å². The van der Waals surface area contributed by atoms with Gasteiger partial charge in [0.2, 0.25) is 5.95 Å². The molecule has 0 unspecified atom stereocenters. The van der Waals surface area contributed by atoms with Gasteiger partial charge in [-0.15, -0.1) is 0 Å². The fraction of sp³-hybridized carbons (Fsp3) is 0.615. The van der Waals surface area contributed by atoms with Crippen LogP contribution >= 0.6 is 11.8 Å². The van der Waals surface area contributed by atoms with E-state index in [1.165, 1.54) is 25.0 Å². The summed E-state index contributed by atoms with van der Waals surface area (Å²) in [4.78, 5) is 8.36. The van der Waals surface area contributed by atoms with Crippen LogP contribution < -0.4 is 5.32 Å². The summed E-state index contributed by atoms with van der Waals surface area (Å²) in [6.45, 7) is 2.74. The molecular formula is C13H20N4S. The van der Waals surface area contributed by atoms with Crippen LogP contribution in [-0.2, 0) is 0 Å². The number of rotatable bonds is 8. The number of nitrogens with one attached hydrogen (secondary N) is 1. The second kappa shape index (κ2) is 8.76. The molecule has 0 aromatic carbocycles. The number of aromatic nitrogens is 2. The van der Waals surface area contributed by atoms with Gasteiger partial charge in [-0.3, -0.25) is 0 Å². The number of nitrogens with zero attached hydrogens (tertiary/aromatic N) is 3. The van der Waals surface area contributed by atoms with Gasteiger partial charge in [0, 0.05) is 12.2 Å². The zero-order valence-corrected chi connectivity index (χ0v) is 11.9. The van der Waals surface area contributed by atoms with Crippen LogP contribution in [0, 0.1) is 18.3 Å². The van der Waals surface area contributed by atoms with Gasteiger partial charge in [-0.2, -0.15) is 17.0 Å². The van der Waals surface area contributed by atoms with Gasteiger partial charge in [0.15, 0.2) is 0 Å². The highest BCUT2D eigenvalue weighted by Crippen LogP contribution is 2.06. The smallest absolute Gasteiger partial charge is 0.224 e. The number of aryl methyl sites for hydroxylation is 1. The fourth-order valence-corrected chi connectivity index (χ4v) is 2.12. The maximum Gasteiger partial charge on any atom is 0.224 e. The van der Waals surface area contributed by atoms with Crippen molar-refractivity contribution in [3.05, 3.63) is 17.5 Å². The lowest BCUT2D eigenvalue weighted by atomic mass is 10.2. The Bertz CT molecular complexity index is 400. The van der Waals surface area contributed by atoms with Crippen LogP contribution in [0.3, 0.4) is 0 Å². The first-order chi connectivity index (χ1) is 8.76. The first-order valence-electron chi connectivity index (χ1n) is 6.25. The monoisotopic (exact) mass is 264 g/mol. The average molecular weight is 264 g/mol. The maximum absolute atomic E-state index is 8.81. The molecule has 0 amide bonds. The van der Waals surface area contributed by atoms with Gasteiger partial charge >= 0.3 is 0 Å². The van der Waals surface area contributed by atoms with Gasteiger partial charge in [0.1, 0.15) is 11.8 Å². The highest BCUT2D eigenvalue weighted by molar-refractivity contribution is 7.98. The molecule has 1 rings (SSSR count). The zero-order valence-electron chi connectivity index (χ0n) is 11.1. The van der Waals surface area contributed by atoms with Crippen LogP contribution in [0.4, 0.5) is 5.95 Å². The third-order valence-electron chi connectivity index (χ3n) is 2.53. The van der Waals surface area contributed by atoms with E-state index in [0.29, 0.717) is 11.6 Å². The predicted octanol–water partition coefficient (Wildman–Crippen LogP) is 2.99. The Hall–Kier alpha value is -1.28. The molecule has 1 aromatic rings. The van der Waals surface area contributed by atoms with Crippen molar-refractivity contribution in [2.75, 3.05) is 23.9 Å². The molecule has 0 atom stereocenters. The van der Waals surface area contributed by atoms with Crippen LogP contribution in [0.15, 0.2) is 6.07 Å². The van der Waals surface area contributed by atoms with E-state index < -0.39 is 0 Å². The summed E-state index contributed by atoms with van der Waals surface area (Å²) in [6.07, 6.45) is 7.06. The minimum Gasteiger partial charge on any atom is -0.354 e. The molecule has 0 fully saturated rings. The van der Waals surface area contributed by atoms with Crippen LogP contribution in [0.5, 0.6) is 0 Å². The first kappa shape index (κ1) is 14.8. The maximum atomic E-state index is 8.81. The molecule has 0 radical (unpaired) electrons. The molecule has 4 nitrogen and oxygen atoms in total.